The number of nitrogens with zero attached hydrogens (tertiary/aromatic N) is 2. The van der Waals surface area contributed by atoms with Crippen LogP contribution < -0.4 is 16.2 Å². The molecular weight excluding hydrogens is 583 g/mol. The molecule has 3 aromatic rings. The molecule has 0 saturated heterocycles. The largest absolute Gasteiger partial charge is 0.458 e. The Morgan fingerprint density at radius 3 is 2.67 bits per heavy atom. The maximum atomic E-state index is 15.2. The number of carbonyl (C=O) groups excluding carboxylic acids is 3. The van der Waals surface area contributed by atoms with Gasteiger partial charge < -0.3 is 29.8 Å². The second-order valence-electron chi connectivity index (χ2n) is 13.2. The number of carbonyl (C=O) groups is 3. The molecule has 0 unspecified atom stereocenters. The molecule has 12 heteroatoms. The van der Waals surface area contributed by atoms with Crippen molar-refractivity contribution in [3.63, 3.8) is 0 Å². The average Bonchev–Trinajstić information content (AvgIpc) is 3.35. The molecule has 0 saturated carbocycles. The number of aryl methyl sites for hydroxylation is 1. The summed E-state index contributed by atoms with van der Waals surface area (Å²) < 4.78 is 27.2. The lowest BCUT2D eigenvalue weighted by Crippen LogP contribution is -2.44. The van der Waals surface area contributed by atoms with Crippen LogP contribution in [0.4, 0.5) is 9.18 Å². The Morgan fingerprint density at radius 1 is 1.24 bits per heavy atom. The number of hydrogen-bond acceptors (Lipinski definition) is 8. The number of nitrogens with one attached hydrogen (secondary N) is 2. The summed E-state index contributed by atoms with van der Waals surface area (Å²) in [6.45, 7) is 10.3. The van der Waals surface area contributed by atoms with Gasteiger partial charge in [0.05, 0.1) is 41.0 Å². The minimum atomic E-state index is -1.98. The van der Waals surface area contributed by atoms with Crippen molar-refractivity contribution in [2.24, 2.45) is 5.92 Å². The quantitative estimate of drug-likeness (QED) is 0.286. The van der Waals surface area contributed by atoms with Gasteiger partial charge in [0.1, 0.15) is 18.0 Å². The third-order valence-electron chi connectivity index (χ3n) is 9.09. The molecule has 2 amide bonds. The molecule has 3 N–H and O–H groups in total. The zero-order valence-corrected chi connectivity index (χ0v) is 26.2. The summed E-state index contributed by atoms with van der Waals surface area (Å²) in [6.07, 6.45) is 0.384. The van der Waals surface area contributed by atoms with Crippen LogP contribution in [0.3, 0.4) is 0 Å². The van der Waals surface area contributed by atoms with E-state index < -0.39 is 46.6 Å². The van der Waals surface area contributed by atoms with Crippen molar-refractivity contribution < 1.29 is 33.4 Å². The lowest BCUT2D eigenvalue weighted by Gasteiger charge is -2.31. The van der Waals surface area contributed by atoms with Crippen LogP contribution in [0.2, 0.25) is 0 Å². The van der Waals surface area contributed by atoms with Gasteiger partial charge in [0.25, 0.3) is 5.56 Å². The number of aromatic nitrogens is 2. The van der Waals surface area contributed by atoms with Crippen LogP contribution in [0.5, 0.6) is 0 Å². The van der Waals surface area contributed by atoms with Crippen LogP contribution in [-0.4, -0.2) is 44.8 Å². The van der Waals surface area contributed by atoms with E-state index in [4.69, 9.17) is 14.5 Å². The summed E-state index contributed by atoms with van der Waals surface area (Å²) in [5, 5.41) is 17.8. The van der Waals surface area contributed by atoms with E-state index in [0.29, 0.717) is 40.9 Å². The van der Waals surface area contributed by atoms with Gasteiger partial charge in [-0.25, -0.2) is 19.0 Å². The van der Waals surface area contributed by atoms with E-state index in [1.165, 1.54) is 10.6 Å². The standard InChI is InChI=1S/C33H37FN4O7/c1-7-33(43)20-10-24-27-18(13-38(24)29(40)19(20)14-44-30(33)41)26-22(9-8-17-16(3)21(34)11-23(36-27)25(17)26)37-28(39)15(2)12-35-31(42)45-32(4,5)6/h10-11,15,22,43H,7-9,12-14H2,1-6H3,(H,35,42)(H,37,39)/t15-,22+,33+/m1/s1. The summed E-state index contributed by atoms with van der Waals surface area (Å²) in [7, 11) is 0. The summed E-state index contributed by atoms with van der Waals surface area (Å²) in [6, 6.07) is 2.51. The Hall–Kier alpha value is -4.32. The number of cyclic esters (lactones) is 1. The number of amides is 2. The van der Waals surface area contributed by atoms with E-state index in [9.17, 15) is 24.3 Å². The second-order valence-corrected chi connectivity index (χ2v) is 13.2. The molecule has 45 heavy (non-hydrogen) atoms. The molecule has 4 heterocycles. The SMILES string of the molecule is CC[C@@]1(O)C(=O)OCc2c1cc1n(c2=O)Cc2c-1nc1cc(F)c(C)c3c1c2[C@@H](NC(=O)[C@H](C)CNC(=O)OC(C)(C)C)CC3. The Balaban J connectivity index is 1.42. The Morgan fingerprint density at radius 2 is 1.98 bits per heavy atom. The Kier molecular flexibility index (Phi) is 7.26. The highest BCUT2D eigenvalue weighted by Crippen LogP contribution is 2.46. The van der Waals surface area contributed by atoms with Crippen LogP contribution in [0.25, 0.3) is 22.3 Å². The summed E-state index contributed by atoms with van der Waals surface area (Å²) in [5.74, 6) is -2.09. The van der Waals surface area contributed by atoms with Crippen molar-refractivity contribution in [3.05, 3.63) is 61.7 Å². The molecule has 11 nitrogen and oxygen atoms in total. The van der Waals surface area contributed by atoms with Gasteiger partial charge >= 0.3 is 12.1 Å². The fourth-order valence-corrected chi connectivity index (χ4v) is 6.66. The van der Waals surface area contributed by atoms with Crippen LogP contribution in [0.15, 0.2) is 16.9 Å². The molecule has 2 aliphatic heterocycles. The van der Waals surface area contributed by atoms with Crippen molar-refractivity contribution in [2.75, 3.05) is 6.54 Å². The van der Waals surface area contributed by atoms with Gasteiger partial charge in [-0.3, -0.25) is 9.59 Å². The van der Waals surface area contributed by atoms with Gasteiger partial charge in [0, 0.05) is 29.1 Å². The van der Waals surface area contributed by atoms with Gasteiger partial charge in [-0.15, -0.1) is 0 Å². The maximum Gasteiger partial charge on any atom is 0.407 e. The van der Waals surface area contributed by atoms with Gasteiger partial charge in [-0.1, -0.05) is 13.8 Å². The molecule has 0 radical (unpaired) electrons. The molecular formula is C33H37FN4O7. The topological polar surface area (TPSA) is 149 Å². The first-order valence-electron chi connectivity index (χ1n) is 15.2. The first-order chi connectivity index (χ1) is 21.1. The molecule has 0 spiro atoms. The van der Waals surface area contributed by atoms with E-state index in [0.717, 1.165) is 16.5 Å². The molecule has 3 atom stereocenters. The van der Waals surface area contributed by atoms with Gasteiger partial charge in [-0.2, -0.15) is 0 Å². The zero-order chi connectivity index (χ0) is 32.6. The zero-order valence-electron chi connectivity index (χ0n) is 26.2. The van der Waals surface area contributed by atoms with Crippen molar-refractivity contribution in [2.45, 2.75) is 91.2 Å². The van der Waals surface area contributed by atoms with Crippen LogP contribution >= 0.6 is 0 Å². The van der Waals surface area contributed by atoms with Crippen LogP contribution in [0, 0.1) is 18.7 Å². The van der Waals surface area contributed by atoms with Crippen molar-refractivity contribution in [1.82, 2.24) is 20.2 Å². The summed E-state index contributed by atoms with van der Waals surface area (Å²) >= 11 is 0. The van der Waals surface area contributed by atoms with Gasteiger partial charge in [0.15, 0.2) is 5.60 Å². The predicted octanol–water partition coefficient (Wildman–Crippen LogP) is 3.79. The third-order valence-corrected chi connectivity index (χ3v) is 9.09. The van der Waals surface area contributed by atoms with Gasteiger partial charge in [-0.05, 0) is 69.7 Å². The first kappa shape index (κ1) is 30.7. The molecule has 1 aliphatic carbocycles. The number of ether oxygens (including phenoxy) is 2. The second kappa shape index (κ2) is 10.6. The lowest BCUT2D eigenvalue weighted by molar-refractivity contribution is -0.172. The fraction of sp³-hybridized carbons (Fsp3) is 0.485. The van der Waals surface area contributed by atoms with E-state index in [1.54, 1.807) is 47.6 Å². The molecule has 1 aromatic carbocycles. The first-order valence-corrected chi connectivity index (χ1v) is 15.2. The molecule has 0 bridgehead atoms. The highest BCUT2D eigenvalue weighted by Gasteiger charge is 2.46. The lowest BCUT2D eigenvalue weighted by atomic mass is 9.81. The fourth-order valence-electron chi connectivity index (χ4n) is 6.66. The number of alkyl carbamates (subject to hydrolysis) is 1. The number of fused-ring (bicyclic) bond motifs is 5. The van der Waals surface area contributed by atoms with Crippen molar-refractivity contribution >= 4 is 28.9 Å². The summed E-state index contributed by atoms with van der Waals surface area (Å²) in [4.78, 5) is 56.8. The highest BCUT2D eigenvalue weighted by molar-refractivity contribution is 5.94. The maximum absolute atomic E-state index is 15.2. The third kappa shape index (κ3) is 4.95. The minimum absolute atomic E-state index is 0.00784. The van der Waals surface area contributed by atoms with Crippen LogP contribution in [-0.2, 0) is 44.2 Å². The molecule has 0 fully saturated rings. The number of esters is 1. The number of halogens is 1. The van der Waals surface area contributed by atoms with E-state index >= 15 is 4.39 Å². The predicted molar refractivity (Wildman–Crippen MR) is 162 cm³/mol. The average molecular weight is 621 g/mol. The summed E-state index contributed by atoms with van der Waals surface area (Å²) in [5.41, 5.74) is 1.36. The number of benzene rings is 1. The smallest absolute Gasteiger partial charge is 0.407 e. The molecule has 6 rings (SSSR count). The molecule has 3 aliphatic rings. The van der Waals surface area contributed by atoms with Crippen molar-refractivity contribution in [1.29, 1.82) is 0 Å². The molecule has 238 valence electrons. The monoisotopic (exact) mass is 620 g/mol. The van der Waals surface area contributed by atoms with Gasteiger partial charge in [0.2, 0.25) is 5.91 Å². The Bertz CT molecular complexity index is 1860. The Labute approximate surface area is 259 Å². The number of aliphatic hydroxyl groups is 1. The van der Waals surface area contributed by atoms with E-state index in [1.807, 2.05) is 0 Å². The minimum Gasteiger partial charge on any atom is -0.458 e. The van der Waals surface area contributed by atoms with Crippen LogP contribution in [0.1, 0.15) is 86.9 Å². The number of rotatable bonds is 5. The van der Waals surface area contributed by atoms with Crippen molar-refractivity contribution in [3.8, 4) is 11.4 Å². The van der Waals surface area contributed by atoms with E-state index in [-0.39, 0.29) is 43.2 Å². The molecule has 2 aromatic heterocycles. The normalized spacial score (nSPS) is 20.5. The highest BCUT2D eigenvalue weighted by atomic mass is 19.1. The number of hydrogen-bond donors (Lipinski definition) is 3. The number of pyridine rings is 2. The van der Waals surface area contributed by atoms with E-state index in [2.05, 4.69) is 10.6 Å².